The van der Waals surface area contributed by atoms with Crippen molar-refractivity contribution in [2.75, 3.05) is 59.5 Å². The summed E-state index contributed by atoms with van der Waals surface area (Å²) in [5.74, 6) is 1.84. The summed E-state index contributed by atoms with van der Waals surface area (Å²) in [7, 11) is 1.76. The first-order valence-corrected chi connectivity index (χ1v) is 11.9. The standard InChI is InChI=1S/C22H35N6O3/c1-16-14-27(17-6-4-3-5-7-17)21-23-19-18(28(21)15-16)20(29)26(22(30)24(19)2)9-8-25-10-12-31-13-11-25/h16-18H,3-15H2,1-2H3/q+1. The van der Waals surface area contributed by atoms with Crippen molar-refractivity contribution >= 4 is 23.7 Å². The maximum atomic E-state index is 13.6. The van der Waals surface area contributed by atoms with E-state index >= 15 is 0 Å². The Morgan fingerprint density at radius 2 is 1.84 bits per heavy atom. The molecule has 4 aliphatic heterocycles. The molecule has 0 radical (unpaired) electrons. The van der Waals surface area contributed by atoms with Crippen LogP contribution >= 0.6 is 0 Å². The molecule has 2 saturated heterocycles. The number of likely N-dealkylation sites (N-methyl/N-ethyl adjacent to an activating group) is 1. The lowest BCUT2D eigenvalue weighted by Crippen LogP contribution is -2.64. The number of hydrogen-bond donors (Lipinski definition) is 0. The average Bonchev–Trinajstić information content (AvgIpc) is 3.18. The van der Waals surface area contributed by atoms with Crippen molar-refractivity contribution < 1.29 is 18.9 Å². The van der Waals surface area contributed by atoms with Crippen LogP contribution in [-0.2, 0) is 9.53 Å². The molecule has 5 rings (SSSR count). The zero-order valence-electron chi connectivity index (χ0n) is 18.8. The number of carbonyl (C=O) groups excluding carboxylic acids is 2. The molecule has 9 nitrogen and oxygen atoms in total. The lowest BCUT2D eigenvalue weighted by atomic mass is 9.93. The molecule has 31 heavy (non-hydrogen) atoms. The third-order valence-corrected chi connectivity index (χ3v) is 7.42. The van der Waals surface area contributed by atoms with E-state index in [0.717, 1.165) is 32.1 Å². The lowest BCUT2D eigenvalue weighted by Gasteiger charge is -2.38. The van der Waals surface area contributed by atoms with Crippen LogP contribution < -0.4 is 0 Å². The van der Waals surface area contributed by atoms with Crippen molar-refractivity contribution in [2.24, 2.45) is 10.9 Å². The van der Waals surface area contributed by atoms with Crippen molar-refractivity contribution in [3.8, 4) is 0 Å². The van der Waals surface area contributed by atoms with Crippen LogP contribution in [0.25, 0.3) is 0 Å². The Morgan fingerprint density at radius 3 is 2.58 bits per heavy atom. The number of morpholine rings is 1. The summed E-state index contributed by atoms with van der Waals surface area (Å²) in [6.45, 7) is 8.26. The summed E-state index contributed by atoms with van der Waals surface area (Å²) in [6, 6.07) is -0.241. The fourth-order valence-corrected chi connectivity index (χ4v) is 5.71. The van der Waals surface area contributed by atoms with Gasteiger partial charge in [-0.05, 0) is 12.8 Å². The first-order valence-electron chi connectivity index (χ1n) is 11.9. The van der Waals surface area contributed by atoms with Crippen LogP contribution in [0, 0.1) is 5.92 Å². The molecule has 170 valence electrons. The number of carbonyl (C=O) groups is 2. The van der Waals surface area contributed by atoms with E-state index in [0.29, 0.717) is 44.1 Å². The predicted molar refractivity (Wildman–Crippen MR) is 116 cm³/mol. The number of imide groups is 1. The molecule has 3 amide bonds. The van der Waals surface area contributed by atoms with E-state index in [1.807, 2.05) is 0 Å². The Bertz CT molecular complexity index is 799. The molecule has 5 aliphatic rings. The van der Waals surface area contributed by atoms with Crippen LogP contribution in [-0.4, -0.2) is 120 Å². The number of guanidine groups is 1. The van der Waals surface area contributed by atoms with E-state index in [1.54, 1.807) is 11.9 Å². The van der Waals surface area contributed by atoms with Crippen LogP contribution in [0.1, 0.15) is 39.0 Å². The number of nitrogens with zero attached hydrogens (tertiary/aromatic N) is 6. The molecular weight excluding hydrogens is 396 g/mol. The molecule has 2 unspecified atom stereocenters. The normalized spacial score (nSPS) is 30.6. The minimum Gasteiger partial charge on any atom is -0.379 e. The highest BCUT2D eigenvalue weighted by molar-refractivity contribution is 6.22. The molecule has 0 bridgehead atoms. The maximum absolute atomic E-state index is 13.6. The number of amides is 3. The minimum atomic E-state index is -0.476. The first kappa shape index (κ1) is 20.9. The van der Waals surface area contributed by atoms with Crippen molar-refractivity contribution in [3.63, 3.8) is 0 Å². The Balaban J connectivity index is 1.39. The molecule has 1 saturated carbocycles. The smallest absolute Gasteiger partial charge is 0.379 e. The minimum absolute atomic E-state index is 0.122. The van der Waals surface area contributed by atoms with Crippen LogP contribution in [0.3, 0.4) is 0 Å². The lowest BCUT2D eigenvalue weighted by molar-refractivity contribution is -0.552. The van der Waals surface area contributed by atoms with Gasteiger partial charge < -0.3 is 4.74 Å². The zero-order valence-corrected chi connectivity index (χ0v) is 18.8. The second-order valence-electron chi connectivity index (χ2n) is 9.66. The largest absolute Gasteiger partial charge is 0.392 e. The summed E-state index contributed by atoms with van der Waals surface area (Å²) in [5, 5.41) is 0. The van der Waals surface area contributed by atoms with Crippen LogP contribution in [0.15, 0.2) is 4.99 Å². The molecule has 0 aromatic carbocycles. The van der Waals surface area contributed by atoms with Gasteiger partial charge in [0.1, 0.15) is 0 Å². The summed E-state index contributed by atoms with van der Waals surface area (Å²) in [6.07, 6.45) is 6.21. The van der Waals surface area contributed by atoms with Gasteiger partial charge in [-0.25, -0.2) is 9.37 Å². The fourth-order valence-electron chi connectivity index (χ4n) is 5.71. The van der Waals surface area contributed by atoms with Gasteiger partial charge in [0.2, 0.25) is 11.9 Å². The van der Waals surface area contributed by atoms with Gasteiger partial charge in [0, 0.05) is 39.1 Å². The third-order valence-electron chi connectivity index (χ3n) is 7.42. The van der Waals surface area contributed by atoms with E-state index in [2.05, 4.69) is 21.3 Å². The summed E-state index contributed by atoms with van der Waals surface area (Å²) >= 11 is 0. The predicted octanol–water partition coefficient (Wildman–Crippen LogP) is 0.646. The fraction of sp³-hybridized carbons (Fsp3) is 0.818. The number of amidine groups is 1. The number of aliphatic imine (C=N–C) groups is 1. The highest BCUT2D eigenvalue weighted by Gasteiger charge is 2.55. The molecule has 2 atom stereocenters. The van der Waals surface area contributed by atoms with Gasteiger partial charge in [0.05, 0.1) is 32.3 Å². The van der Waals surface area contributed by atoms with Gasteiger partial charge >= 0.3 is 12.0 Å². The van der Waals surface area contributed by atoms with Gasteiger partial charge in [0.25, 0.3) is 5.91 Å². The second kappa shape index (κ2) is 8.50. The number of rotatable bonds is 4. The van der Waals surface area contributed by atoms with Crippen LogP contribution in [0.5, 0.6) is 0 Å². The zero-order chi connectivity index (χ0) is 21.5. The summed E-state index contributed by atoms with van der Waals surface area (Å²) < 4.78 is 7.58. The molecule has 3 fully saturated rings. The molecule has 0 aromatic heterocycles. The number of ether oxygens (including phenoxy) is 1. The van der Waals surface area contributed by atoms with Gasteiger partial charge in [0.15, 0.2) is 0 Å². The van der Waals surface area contributed by atoms with E-state index in [1.165, 1.54) is 37.0 Å². The van der Waals surface area contributed by atoms with Gasteiger partial charge in [-0.3, -0.25) is 24.4 Å². The van der Waals surface area contributed by atoms with E-state index in [9.17, 15) is 9.59 Å². The summed E-state index contributed by atoms with van der Waals surface area (Å²) in [4.78, 5) is 39.3. The Kier molecular flexibility index (Phi) is 5.73. The Hall–Kier alpha value is -2.00. The average molecular weight is 432 g/mol. The van der Waals surface area contributed by atoms with Crippen LogP contribution in [0.4, 0.5) is 4.79 Å². The van der Waals surface area contributed by atoms with Crippen molar-refractivity contribution in [1.29, 1.82) is 0 Å². The van der Waals surface area contributed by atoms with Crippen LogP contribution in [0.2, 0.25) is 0 Å². The first-order chi connectivity index (χ1) is 15.0. The Morgan fingerprint density at radius 1 is 1.10 bits per heavy atom. The van der Waals surface area contributed by atoms with Gasteiger partial charge in [-0.1, -0.05) is 31.2 Å². The molecule has 4 heterocycles. The van der Waals surface area contributed by atoms with Gasteiger partial charge in [-0.15, -0.1) is 0 Å². The van der Waals surface area contributed by atoms with Gasteiger partial charge in [-0.2, -0.15) is 0 Å². The number of urea groups is 1. The summed E-state index contributed by atoms with van der Waals surface area (Å²) in [5.41, 5.74) is 0. The Labute approximate surface area is 184 Å². The van der Waals surface area contributed by atoms with Crippen molar-refractivity contribution in [1.82, 2.24) is 19.6 Å². The van der Waals surface area contributed by atoms with E-state index in [4.69, 9.17) is 9.73 Å². The topological polar surface area (TPSA) is 71.7 Å². The third kappa shape index (κ3) is 3.75. The molecule has 0 spiro atoms. The number of fused-ring (bicyclic) bond motifs is 2. The monoisotopic (exact) mass is 431 g/mol. The van der Waals surface area contributed by atoms with E-state index < -0.39 is 6.04 Å². The highest BCUT2D eigenvalue weighted by Crippen LogP contribution is 2.30. The second-order valence-corrected chi connectivity index (χ2v) is 9.66. The molecule has 9 heteroatoms. The SMILES string of the molecule is CC1CN(C2CCCCC2)C2=[N+](C1)C1C(=O)N(CCN3CCOCC3)C(=O)N(C)C1=N2. The highest BCUT2D eigenvalue weighted by atomic mass is 16.5. The molecule has 0 N–H and O–H groups in total. The molecule has 0 aromatic rings. The number of hydrogen-bond acceptors (Lipinski definition) is 6. The van der Waals surface area contributed by atoms with Crippen molar-refractivity contribution in [2.45, 2.75) is 51.1 Å². The molecule has 1 aliphatic carbocycles. The maximum Gasteiger partial charge on any atom is 0.392 e. The molecular formula is C22H35N6O3+. The quantitative estimate of drug-likeness (QED) is 0.611. The van der Waals surface area contributed by atoms with E-state index in [-0.39, 0.29) is 11.9 Å². The van der Waals surface area contributed by atoms with Crippen molar-refractivity contribution in [3.05, 3.63) is 0 Å².